The molecule has 4 aliphatic carbocycles. The third kappa shape index (κ3) is 6.97. The quantitative estimate of drug-likeness (QED) is 0.150. The predicted octanol–water partition coefficient (Wildman–Crippen LogP) is 1.08. The van der Waals surface area contributed by atoms with E-state index in [1.807, 2.05) is 0 Å². The highest BCUT2D eigenvalue weighted by atomic mass is 16.8. The molecule has 13 nitrogen and oxygen atoms in total. The van der Waals surface area contributed by atoms with Crippen LogP contribution >= 0.6 is 0 Å². The molecule has 2 saturated heterocycles. The maximum absolute atomic E-state index is 12.6. The summed E-state index contributed by atoms with van der Waals surface area (Å²) in [6.07, 6.45) is -5.03. The SMILES string of the molecule is COC1C(CO)OC(O[C@@H](CC[C@@H](C)[C@H]2C[C@H](O)C3[C@]4(O)C[C@H](O)C5C[C@@H](O)CC[C@]5(C)C4CC[C@@]32C)C(C)C)C1OC1OCC(O)C(O)C1O. The molecule has 0 aromatic heterocycles. The van der Waals surface area contributed by atoms with Crippen molar-refractivity contribution in [2.45, 2.75) is 172 Å². The van der Waals surface area contributed by atoms with Gasteiger partial charge < -0.3 is 64.5 Å². The molecule has 0 amide bonds. The van der Waals surface area contributed by atoms with Crippen LogP contribution in [0, 0.1) is 46.3 Å². The fourth-order valence-electron chi connectivity index (χ4n) is 12.2. The molecular weight excluding hydrogens is 664 g/mol. The summed E-state index contributed by atoms with van der Waals surface area (Å²) in [6, 6.07) is 0. The Morgan fingerprint density at radius 1 is 0.824 bits per heavy atom. The number of aliphatic hydroxyl groups is 8. The van der Waals surface area contributed by atoms with Crippen LogP contribution in [0.25, 0.3) is 0 Å². The van der Waals surface area contributed by atoms with Gasteiger partial charge in [0, 0.05) is 19.4 Å². The smallest absolute Gasteiger partial charge is 0.187 e. The lowest BCUT2D eigenvalue weighted by atomic mass is 9.42. The Morgan fingerprint density at radius 3 is 2.20 bits per heavy atom. The van der Waals surface area contributed by atoms with Crippen molar-refractivity contribution in [3.05, 3.63) is 0 Å². The Morgan fingerprint density at radius 2 is 1.53 bits per heavy atom. The number of hydrogen-bond donors (Lipinski definition) is 8. The zero-order valence-electron chi connectivity index (χ0n) is 31.3. The number of hydrogen-bond acceptors (Lipinski definition) is 13. The largest absolute Gasteiger partial charge is 0.394 e. The maximum Gasteiger partial charge on any atom is 0.187 e. The standard InChI is InChI=1S/C38H66O13/c1-18(2)26(49-35-32(31(47-6)27(16-39)50-35)51-34-30(45)29(44)25(43)17-48-34)8-7-19(3)21-14-23(41)33-37(21,5)12-10-28-36(4)11-9-20(40)13-22(36)24(42)15-38(28,33)46/h18-35,39-46H,7-17H2,1-6H3/t19-,20+,21-,22?,23+,24+,25?,26+,27?,28?,29?,30?,31?,32?,33?,34?,35?,36+,37-,38+/m1/s1. The van der Waals surface area contributed by atoms with E-state index >= 15 is 0 Å². The van der Waals surface area contributed by atoms with Gasteiger partial charge in [0.05, 0.1) is 43.2 Å². The monoisotopic (exact) mass is 730 g/mol. The van der Waals surface area contributed by atoms with Crippen LogP contribution in [0.1, 0.15) is 92.4 Å². The van der Waals surface area contributed by atoms with E-state index in [0.29, 0.717) is 25.7 Å². The first-order valence-corrected chi connectivity index (χ1v) is 19.5. The summed E-state index contributed by atoms with van der Waals surface area (Å²) < 4.78 is 29.9. The number of methoxy groups -OCH3 is 1. The van der Waals surface area contributed by atoms with Crippen molar-refractivity contribution in [3.8, 4) is 0 Å². The van der Waals surface area contributed by atoms with Gasteiger partial charge in [-0.3, -0.25) is 0 Å². The van der Waals surface area contributed by atoms with Crippen molar-refractivity contribution in [2.24, 2.45) is 46.3 Å². The van der Waals surface area contributed by atoms with Crippen LogP contribution in [0.5, 0.6) is 0 Å². The highest BCUT2D eigenvalue weighted by molar-refractivity contribution is 5.20. The minimum absolute atomic E-state index is 0.0416. The van der Waals surface area contributed by atoms with E-state index in [2.05, 4.69) is 34.6 Å². The molecule has 6 rings (SSSR count). The van der Waals surface area contributed by atoms with Crippen LogP contribution in [0.15, 0.2) is 0 Å². The van der Waals surface area contributed by atoms with Crippen molar-refractivity contribution < 1.29 is 64.5 Å². The average Bonchev–Trinajstić information content (AvgIpc) is 3.56. The van der Waals surface area contributed by atoms with Crippen LogP contribution in [0.2, 0.25) is 0 Å². The average molecular weight is 731 g/mol. The summed E-state index contributed by atoms with van der Waals surface area (Å²) in [5, 5.41) is 87.0. The van der Waals surface area contributed by atoms with E-state index < -0.39 is 73.1 Å². The second kappa shape index (κ2) is 15.2. The Bertz CT molecular complexity index is 1180. The molecule has 2 heterocycles. The molecule has 0 spiro atoms. The molecule has 6 fully saturated rings. The lowest BCUT2D eigenvalue weighted by Gasteiger charge is -2.66. The summed E-state index contributed by atoms with van der Waals surface area (Å²) in [5.41, 5.74) is -1.79. The molecule has 20 atom stereocenters. The fourth-order valence-corrected chi connectivity index (χ4v) is 12.2. The number of rotatable bonds is 11. The third-order valence-electron chi connectivity index (χ3n) is 14.8. The molecule has 13 heteroatoms. The molecule has 4 saturated carbocycles. The van der Waals surface area contributed by atoms with Gasteiger partial charge in [-0.05, 0) is 91.8 Å². The van der Waals surface area contributed by atoms with Crippen molar-refractivity contribution >= 4 is 0 Å². The van der Waals surface area contributed by atoms with Gasteiger partial charge in [-0.15, -0.1) is 0 Å². The summed E-state index contributed by atoms with van der Waals surface area (Å²) >= 11 is 0. The molecule has 0 radical (unpaired) electrons. The van der Waals surface area contributed by atoms with E-state index in [9.17, 15) is 40.9 Å². The second-order valence-electron chi connectivity index (χ2n) is 18.0. The lowest BCUT2D eigenvalue weighted by Crippen LogP contribution is -2.68. The van der Waals surface area contributed by atoms with Crippen LogP contribution in [-0.2, 0) is 23.7 Å². The minimum atomic E-state index is -1.52. The first-order chi connectivity index (χ1) is 24.0. The lowest BCUT2D eigenvalue weighted by molar-refractivity contribution is -0.308. The number of ether oxygens (including phenoxy) is 5. The van der Waals surface area contributed by atoms with E-state index in [1.165, 1.54) is 7.11 Å². The first-order valence-electron chi connectivity index (χ1n) is 19.5. The molecule has 51 heavy (non-hydrogen) atoms. The fraction of sp³-hybridized carbons (Fsp3) is 1.00. The van der Waals surface area contributed by atoms with Gasteiger partial charge in [-0.2, -0.15) is 0 Å². The Labute approximate surface area is 302 Å². The normalized spacial score (nSPS) is 52.6. The maximum atomic E-state index is 12.6. The molecule has 0 aromatic rings. The summed E-state index contributed by atoms with van der Waals surface area (Å²) in [5.74, 6) is -0.0422. The summed E-state index contributed by atoms with van der Waals surface area (Å²) in [7, 11) is 1.47. The van der Waals surface area contributed by atoms with Gasteiger partial charge in [0.25, 0.3) is 0 Å². The highest BCUT2D eigenvalue weighted by Crippen LogP contribution is 2.69. The van der Waals surface area contributed by atoms with Crippen molar-refractivity contribution in [2.75, 3.05) is 20.3 Å². The van der Waals surface area contributed by atoms with Crippen LogP contribution < -0.4 is 0 Å². The third-order valence-corrected chi connectivity index (χ3v) is 14.8. The van der Waals surface area contributed by atoms with Gasteiger partial charge in [0.15, 0.2) is 12.6 Å². The molecule has 2 aliphatic heterocycles. The zero-order chi connectivity index (χ0) is 37.2. The van der Waals surface area contributed by atoms with E-state index in [0.717, 1.165) is 25.7 Å². The van der Waals surface area contributed by atoms with Crippen molar-refractivity contribution in [1.82, 2.24) is 0 Å². The Hall–Kier alpha value is -0.520. The van der Waals surface area contributed by atoms with Crippen molar-refractivity contribution in [1.29, 1.82) is 0 Å². The Kier molecular flexibility index (Phi) is 12.0. The molecule has 296 valence electrons. The van der Waals surface area contributed by atoms with E-state index in [1.54, 1.807) is 0 Å². The predicted molar refractivity (Wildman–Crippen MR) is 183 cm³/mol. The van der Waals surface area contributed by atoms with Gasteiger partial charge in [-0.25, -0.2) is 0 Å². The van der Waals surface area contributed by atoms with Gasteiger partial charge >= 0.3 is 0 Å². The molecule has 0 aromatic carbocycles. The van der Waals surface area contributed by atoms with Gasteiger partial charge in [-0.1, -0.05) is 34.6 Å². The second-order valence-corrected chi connectivity index (χ2v) is 18.0. The zero-order valence-corrected chi connectivity index (χ0v) is 31.3. The van der Waals surface area contributed by atoms with Crippen LogP contribution in [0.3, 0.4) is 0 Å². The number of aliphatic hydroxyl groups excluding tert-OH is 7. The molecule has 8 N–H and O–H groups in total. The summed E-state index contributed by atoms with van der Waals surface area (Å²) in [4.78, 5) is 0. The Balaban J connectivity index is 1.14. The van der Waals surface area contributed by atoms with Gasteiger partial charge in [0.1, 0.15) is 36.6 Å². The molecular formula is C38H66O13. The van der Waals surface area contributed by atoms with E-state index in [-0.39, 0.29) is 72.1 Å². The summed E-state index contributed by atoms with van der Waals surface area (Å²) in [6.45, 7) is 10.2. The van der Waals surface area contributed by atoms with Crippen molar-refractivity contribution in [3.63, 3.8) is 0 Å². The van der Waals surface area contributed by atoms with E-state index in [4.69, 9.17) is 23.7 Å². The molecule has 0 bridgehead atoms. The minimum Gasteiger partial charge on any atom is -0.394 e. The van der Waals surface area contributed by atoms with Crippen LogP contribution in [-0.4, -0.2) is 140 Å². The number of fused-ring (bicyclic) bond motifs is 5. The first kappa shape index (κ1) is 40.2. The highest BCUT2D eigenvalue weighted by Gasteiger charge is 2.70. The molecule has 6 aliphatic rings. The van der Waals surface area contributed by atoms with Gasteiger partial charge in [0.2, 0.25) is 0 Å². The topological polar surface area (TPSA) is 208 Å². The van der Waals surface area contributed by atoms with Crippen LogP contribution in [0.4, 0.5) is 0 Å². The molecule has 11 unspecified atom stereocenters.